The summed E-state index contributed by atoms with van der Waals surface area (Å²) in [4.78, 5) is 25.8. The van der Waals surface area contributed by atoms with E-state index in [4.69, 9.17) is 17.0 Å². The molecule has 1 aromatic rings. The number of rotatable bonds is 7. The van der Waals surface area contributed by atoms with E-state index in [9.17, 15) is 27.7 Å². The first-order chi connectivity index (χ1) is 14.1. The van der Waals surface area contributed by atoms with Gasteiger partial charge in [0.1, 0.15) is 9.57 Å². The second-order valence-corrected chi connectivity index (χ2v) is 9.72. The van der Waals surface area contributed by atoms with E-state index < -0.39 is 39.5 Å². The molecule has 2 heterocycles. The van der Waals surface area contributed by atoms with Crippen LogP contribution in [0, 0.1) is 0 Å². The second kappa shape index (κ2) is 8.76. The fraction of sp³-hybridized carbons (Fsp3) is 0.278. The smallest absolute Gasteiger partial charge is 0.246 e. The molecule has 0 saturated carbocycles. The van der Waals surface area contributed by atoms with Crippen LogP contribution in [0.4, 0.5) is 5.69 Å². The van der Waals surface area contributed by atoms with E-state index in [-0.39, 0.29) is 10.9 Å². The highest BCUT2D eigenvalue weighted by Crippen LogP contribution is 2.39. The van der Waals surface area contributed by atoms with Crippen molar-refractivity contribution < 1.29 is 32.4 Å². The maximum atomic E-state index is 12.5. The van der Waals surface area contributed by atoms with Gasteiger partial charge in [-0.3, -0.25) is 9.69 Å². The average Bonchev–Trinajstić information content (AvgIpc) is 3.15. The molecule has 2 aliphatic rings. The Morgan fingerprint density at radius 2 is 2.03 bits per heavy atom. The van der Waals surface area contributed by atoms with Crippen LogP contribution < -0.4 is 14.7 Å². The van der Waals surface area contributed by atoms with Crippen LogP contribution in [0.1, 0.15) is 6.92 Å². The fourth-order valence-electron chi connectivity index (χ4n) is 2.91. The van der Waals surface area contributed by atoms with Gasteiger partial charge in [-0.25, -0.2) is 8.42 Å². The Hall–Kier alpha value is -2.41. The standard InChI is InChI=1S/C18H18N2O7S3/c1-11(16-17(23)20(10-15(21)22)18(28)29-16)6-7-14-19(8-9-30(24,25)26)12-4-2-3-5-13(12)27-14/h2-7,16H,8-10H2,1H3,(H,21,22)(H,24,25,26)/p-2/b11-6+,14-7-. The summed E-state index contributed by atoms with van der Waals surface area (Å²) in [6, 6.07) is 6.95. The molecule has 1 fully saturated rings. The Labute approximate surface area is 182 Å². The summed E-state index contributed by atoms with van der Waals surface area (Å²) in [5, 5.41) is 10.1. The van der Waals surface area contributed by atoms with Crippen LogP contribution in [0.5, 0.6) is 5.75 Å². The van der Waals surface area contributed by atoms with E-state index in [1.54, 1.807) is 48.2 Å². The first-order valence-corrected chi connectivity index (χ1v) is 11.5. The number of aliphatic carboxylic acids is 1. The van der Waals surface area contributed by atoms with Crippen LogP contribution in [-0.4, -0.2) is 58.2 Å². The van der Waals surface area contributed by atoms with Gasteiger partial charge in [0.25, 0.3) is 0 Å². The minimum absolute atomic E-state index is 0.0951. The molecule has 3 rings (SSSR count). The van der Waals surface area contributed by atoms with Crippen LogP contribution in [0.2, 0.25) is 0 Å². The quantitative estimate of drug-likeness (QED) is 0.404. The number of carbonyl (C=O) groups excluding carboxylic acids is 2. The lowest BCUT2D eigenvalue weighted by Gasteiger charge is -2.19. The number of thiocarbonyl (C=S) groups is 1. The third kappa shape index (κ3) is 5.01. The number of carboxylic acid groups (broad SMARTS) is 1. The molecule has 0 aromatic heterocycles. The predicted octanol–water partition coefficient (Wildman–Crippen LogP) is 0.197. The zero-order chi connectivity index (χ0) is 22.1. The first-order valence-electron chi connectivity index (χ1n) is 8.65. The molecule has 0 aliphatic carbocycles. The summed E-state index contributed by atoms with van der Waals surface area (Å²) < 4.78 is 39.1. The molecule has 0 spiro atoms. The number of nitrogens with zero attached hydrogens (tertiary/aromatic N) is 2. The number of allylic oxidation sites excluding steroid dienone is 2. The Morgan fingerprint density at radius 1 is 1.33 bits per heavy atom. The molecule has 0 N–H and O–H groups in total. The van der Waals surface area contributed by atoms with Crippen LogP contribution in [0.25, 0.3) is 0 Å². The summed E-state index contributed by atoms with van der Waals surface area (Å²) in [7, 11) is -4.42. The van der Waals surface area contributed by atoms with Gasteiger partial charge in [0.15, 0.2) is 5.75 Å². The third-order valence-corrected chi connectivity index (χ3v) is 6.74. The molecule has 1 unspecified atom stereocenters. The van der Waals surface area contributed by atoms with Gasteiger partial charge in [0, 0.05) is 6.54 Å². The van der Waals surface area contributed by atoms with Crippen molar-refractivity contribution in [3.8, 4) is 5.75 Å². The lowest BCUT2D eigenvalue weighted by Crippen LogP contribution is -2.41. The first kappa shape index (κ1) is 22.3. The number of amides is 1. The number of thioether (sulfide) groups is 1. The molecule has 0 radical (unpaired) electrons. The normalized spacial score (nSPS) is 20.7. The molecule has 160 valence electrons. The molecular formula is C18H16N2O7S3-2. The van der Waals surface area contributed by atoms with Crippen molar-refractivity contribution >= 4 is 56.0 Å². The number of anilines is 1. The van der Waals surface area contributed by atoms with Crippen molar-refractivity contribution in [3.05, 3.63) is 47.9 Å². The van der Waals surface area contributed by atoms with Gasteiger partial charge in [-0.2, -0.15) is 0 Å². The number of carboxylic acids is 1. The third-order valence-electron chi connectivity index (χ3n) is 4.32. The molecular weight excluding hydrogens is 452 g/mol. The largest absolute Gasteiger partial charge is 0.748 e. The molecule has 0 bridgehead atoms. The average molecular weight is 469 g/mol. The van der Waals surface area contributed by atoms with E-state index >= 15 is 0 Å². The fourth-order valence-corrected chi connectivity index (χ4v) is 4.73. The topological polar surface area (TPSA) is 130 Å². The van der Waals surface area contributed by atoms with Gasteiger partial charge in [-0.1, -0.05) is 47.8 Å². The summed E-state index contributed by atoms with van der Waals surface area (Å²) in [5.74, 6) is -1.66. The Balaban J connectivity index is 1.82. The number of fused-ring (bicyclic) bond motifs is 1. The van der Waals surface area contributed by atoms with E-state index in [0.29, 0.717) is 22.9 Å². The van der Waals surface area contributed by atoms with Crippen molar-refractivity contribution in [1.29, 1.82) is 0 Å². The molecule has 1 aromatic carbocycles. The minimum atomic E-state index is -4.42. The molecule has 30 heavy (non-hydrogen) atoms. The van der Waals surface area contributed by atoms with Gasteiger partial charge in [-0.15, -0.1) is 0 Å². The van der Waals surface area contributed by atoms with Gasteiger partial charge in [0.2, 0.25) is 11.8 Å². The molecule has 1 atom stereocenters. The number of para-hydroxylation sites is 2. The van der Waals surface area contributed by atoms with Crippen molar-refractivity contribution in [1.82, 2.24) is 4.90 Å². The van der Waals surface area contributed by atoms with Crippen LogP contribution in [0.3, 0.4) is 0 Å². The minimum Gasteiger partial charge on any atom is -0.748 e. The molecule has 12 heteroatoms. The second-order valence-electron chi connectivity index (χ2n) is 6.46. The summed E-state index contributed by atoms with van der Waals surface area (Å²) >= 11 is 6.13. The lowest BCUT2D eigenvalue weighted by molar-refractivity contribution is -0.305. The number of hydrogen-bond acceptors (Lipinski definition) is 10. The van der Waals surface area contributed by atoms with E-state index in [2.05, 4.69) is 0 Å². The van der Waals surface area contributed by atoms with Crippen LogP contribution in [-0.2, 0) is 19.7 Å². The zero-order valence-electron chi connectivity index (χ0n) is 15.6. The van der Waals surface area contributed by atoms with Crippen LogP contribution >= 0.6 is 24.0 Å². The monoisotopic (exact) mass is 468 g/mol. The van der Waals surface area contributed by atoms with E-state index in [1.807, 2.05) is 0 Å². The Kier molecular flexibility index (Phi) is 6.50. The maximum absolute atomic E-state index is 12.5. The van der Waals surface area contributed by atoms with Gasteiger partial charge < -0.3 is 24.1 Å². The van der Waals surface area contributed by atoms with Crippen molar-refractivity contribution in [2.24, 2.45) is 0 Å². The van der Waals surface area contributed by atoms with Crippen molar-refractivity contribution in [3.63, 3.8) is 0 Å². The Bertz CT molecular complexity index is 1070. The lowest BCUT2D eigenvalue weighted by atomic mass is 10.1. The summed E-state index contributed by atoms with van der Waals surface area (Å²) in [6.45, 7) is 0.986. The summed E-state index contributed by atoms with van der Waals surface area (Å²) in [5.41, 5.74) is 1.21. The highest BCUT2D eigenvalue weighted by atomic mass is 32.2. The maximum Gasteiger partial charge on any atom is 0.246 e. The molecule has 9 nitrogen and oxygen atoms in total. The predicted molar refractivity (Wildman–Crippen MR) is 112 cm³/mol. The zero-order valence-corrected chi connectivity index (χ0v) is 18.1. The number of benzene rings is 1. The number of hydrogen-bond donors (Lipinski definition) is 0. The highest BCUT2D eigenvalue weighted by Gasteiger charge is 2.37. The molecule has 1 amide bonds. The molecule has 1 saturated heterocycles. The SMILES string of the molecule is C/C(=C\C=C1/Oc2ccccc2N1CCS(=O)(=O)[O-])C1SC(=S)N(CC(=O)[O-])C1=O. The Morgan fingerprint density at radius 3 is 2.70 bits per heavy atom. The number of carbonyl (C=O) groups is 2. The van der Waals surface area contributed by atoms with Gasteiger partial charge in [0.05, 0.1) is 34.1 Å². The van der Waals surface area contributed by atoms with E-state index in [1.165, 1.54) is 0 Å². The van der Waals surface area contributed by atoms with Gasteiger partial charge in [-0.05, 0) is 25.1 Å². The van der Waals surface area contributed by atoms with Gasteiger partial charge >= 0.3 is 0 Å². The number of ether oxygens (including phenoxy) is 1. The van der Waals surface area contributed by atoms with Crippen molar-refractivity contribution in [2.45, 2.75) is 12.2 Å². The van der Waals surface area contributed by atoms with E-state index in [0.717, 1.165) is 16.7 Å². The highest BCUT2D eigenvalue weighted by molar-refractivity contribution is 8.24. The van der Waals surface area contributed by atoms with Crippen molar-refractivity contribution in [2.75, 3.05) is 23.7 Å². The molecule has 2 aliphatic heterocycles. The van der Waals surface area contributed by atoms with Crippen LogP contribution in [0.15, 0.2) is 47.9 Å². The summed E-state index contributed by atoms with van der Waals surface area (Å²) in [6.07, 6.45) is 3.17.